The van der Waals surface area contributed by atoms with Gasteiger partial charge in [0, 0.05) is 4.47 Å². The van der Waals surface area contributed by atoms with Gasteiger partial charge in [0.1, 0.15) is 0 Å². The van der Waals surface area contributed by atoms with Gasteiger partial charge >= 0.3 is 6.03 Å². The normalized spacial score (nSPS) is 11.7. The van der Waals surface area contributed by atoms with Crippen molar-refractivity contribution in [3.8, 4) is 0 Å². The van der Waals surface area contributed by atoms with Crippen LogP contribution in [0.2, 0.25) is 0 Å². The number of rotatable bonds is 3. The van der Waals surface area contributed by atoms with Crippen LogP contribution in [0.25, 0.3) is 0 Å². The fourth-order valence-electron chi connectivity index (χ4n) is 1.74. The Morgan fingerprint density at radius 1 is 1.05 bits per heavy atom. The van der Waals surface area contributed by atoms with E-state index in [-0.39, 0.29) is 12.1 Å². The number of amides is 2. The van der Waals surface area contributed by atoms with Crippen molar-refractivity contribution in [3.05, 3.63) is 64.6 Å². The molecule has 0 aliphatic carbocycles. The molecule has 19 heavy (non-hydrogen) atoms. The molecule has 0 radical (unpaired) electrons. The van der Waals surface area contributed by atoms with E-state index in [1.165, 1.54) is 0 Å². The molecule has 0 aromatic heterocycles. The molecule has 0 heterocycles. The van der Waals surface area contributed by atoms with E-state index in [9.17, 15) is 4.79 Å². The first-order chi connectivity index (χ1) is 9.16. The van der Waals surface area contributed by atoms with Gasteiger partial charge in [-0.2, -0.15) is 0 Å². The predicted octanol–water partition coefficient (Wildman–Crippen LogP) is 4.33. The molecule has 2 aromatic rings. The van der Waals surface area contributed by atoms with Gasteiger partial charge in [-0.3, -0.25) is 0 Å². The molecule has 2 aromatic carbocycles. The van der Waals surface area contributed by atoms with E-state index in [2.05, 4.69) is 26.6 Å². The Balaban J connectivity index is 1.97. The molecule has 0 bridgehead atoms. The lowest BCUT2D eigenvalue weighted by Crippen LogP contribution is -2.31. The number of nitrogens with one attached hydrogen (secondary N) is 2. The minimum Gasteiger partial charge on any atom is -0.331 e. The number of hydrogen-bond acceptors (Lipinski definition) is 1. The van der Waals surface area contributed by atoms with Crippen LogP contribution in [0.5, 0.6) is 0 Å². The highest BCUT2D eigenvalue weighted by Gasteiger charge is 2.09. The summed E-state index contributed by atoms with van der Waals surface area (Å²) < 4.78 is 0.859. The van der Waals surface area contributed by atoms with Crippen LogP contribution >= 0.6 is 15.9 Å². The lowest BCUT2D eigenvalue weighted by molar-refractivity contribution is 0.249. The number of halogens is 1. The number of benzene rings is 2. The molecular formula is C15H15BrN2O. The van der Waals surface area contributed by atoms with Crippen LogP contribution in [-0.4, -0.2) is 6.03 Å². The number of para-hydroxylation sites is 1. The summed E-state index contributed by atoms with van der Waals surface area (Å²) in [5.74, 6) is 0. The van der Waals surface area contributed by atoms with E-state index in [0.717, 1.165) is 15.7 Å². The molecule has 98 valence electrons. The molecule has 2 rings (SSSR count). The van der Waals surface area contributed by atoms with Crippen LogP contribution in [0.4, 0.5) is 10.5 Å². The summed E-state index contributed by atoms with van der Waals surface area (Å²) >= 11 is 3.39. The third-order valence-electron chi connectivity index (χ3n) is 2.77. The Morgan fingerprint density at radius 2 is 1.68 bits per heavy atom. The maximum absolute atomic E-state index is 11.9. The smallest absolute Gasteiger partial charge is 0.319 e. The standard InChI is InChI=1S/C15H15BrN2O/c1-11(12-7-3-2-4-8-12)17-15(19)18-14-10-6-5-9-13(14)16/h2-11H,1H3,(H2,17,18,19)/t11-/m0/s1. The molecule has 0 saturated heterocycles. The fourth-order valence-corrected chi connectivity index (χ4v) is 2.13. The molecular weight excluding hydrogens is 304 g/mol. The second-order valence-corrected chi connectivity index (χ2v) is 5.07. The Hall–Kier alpha value is -1.81. The van der Waals surface area contributed by atoms with Gasteiger partial charge in [-0.25, -0.2) is 4.79 Å². The van der Waals surface area contributed by atoms with Gasteiger partial charge in [0.2, 0.25) is 0 Å². The van der Waals surface area contributed by atoms with Gasteiger partial charge in [-0.1, -0.05) is 42.5 Å². The molecule has 0 fully saturated rings. The Kier molecular flexibility index (Phi) is 4.58. The first-order valence-corrected chi connectivity index (χ1v) is 6.83. The van der Waals surface area contributed by atoms with E-state index >= 15 is 0 Å². The molecule has 4 heteroatoms. The molecule has 2 amide bonds. The van der Waals surface area contributed by atoms with E-state index in [0.29, 0.717) is 0 Å². The van der Waals surface area contributed by atoms with Gasteiger partial charge in [0.25, 0.3) is 0 Å². The van der Waals surface area contributed by atoms with Crippen LogP contribution in [-0.2, 0) is 0 Å². The summed E-state index contributed by atoms with van der Waals surface area (Å²) in [6.45, 7) is 1.95. The highest BCUT2D eigenvalue weighted by molar-refractivity contribution is 9.10. The lowest BCUT2D eigenvalue weighted by Gasteiger charge is -2.15. The van der Waals surface area contributed by atoms with E-state index < -0.39 is 0 Å². The van der Waals surface area contributed by atoms with Crippen molar-refractivity contribution >= 4 is 27.6 Å². The van der Waals surface area contributed by atoms with Crippen molar-refractivity contribution in [2.45, 2.75) is 13.0 Å². The molecule has 1 atom stereocenters. The summed E-state index contributed by atoms with van der Waals surface area (Å²) in [7, 11) is 0. The summed E-state index contributed by atoms with van der Waals surface area (Å²) in [5.41, 5.74) is 1.82. The summed E-state index contributed by atoms with van der Waals surface area (Å²) in [6, 6.07) is 17.1. The Bertz CT molecular complexity index is 557. The van der Waals surface area contributed by atoms with Crippen LogP contribution in [0.3, 0.4) is 0 Å². The average molecular weight is 319 g/mol. The monoisotopic (exact) mass is 318 g/mol. The highest BCUT2D eigenvalue weighted by Crippen LogP contribution is 2.21. The molecule has 2 N–H and O–H groups in total. The quantitative estimate of drug-likeness (QED) is 0.868. The first-order valence-electron chi connectivity index (χ1n) is 6.04. The zero-order valence-corrected chi connectivity index (χ0v) is 12.1. The fraction of sp³-hybridized carbons (Fsp3) is 0.133. The minimum absolute atomic E-state index is 0.0383. The zero-order chi connectivity index (χ0) is 13.7. The zero-order valence-electron chi connectivity index (χ0n) is 10.6. The maximum Gasteiger partial charge on any atom is 0.319 e. The molecule has 0 saturated carbocycles. The minimum atomic E-state index is -0.219. The van der Waals surface area contributed by atoms with Gasteiger partial charge in [-0.15, -0.1) is 0 Å². The van der Waals surface area contributed by atoms with Crippen LogP contribution in [0, 0.1) is 0 Å². The lowest BCUT2D eigenvalue weighted by atomic mass is 10.1. The van der Waals surface area contributed by atoms with Crippen molar-refractivity contribution in [2.24, 2.45) is 0 Å². The number of urea groups is 1. The van der Waals surface area contributed by atoms with Gasteiger partial charge < -0.3 is 10.6 Å². The van der Waals surface area contributed by atoms with Crippen LogP contribution in [0.15, 0.2) is 59.1 Å². The number of hydrogen-bond donors (Lipinski definition) is 2. The van der Waals surface area contributed by atoms with Crippen molar-refractivity contribution < 1.29 is 4.79 Å². The number of carbonyl (C=O) groups excluding carboxylic acids is 1. The third-order valence-corrected chi connectivity index (χ3v) is 3.46. The summed E-state index contributed by atoms with van der Waals surface area (Å²) in [4.78, 5) is 11.9. The molecule has 0 aliphatic heterocycles. The van der Waals surface area contributed by atoms with Crippen molar-refractivity contribution in [3.63, 3.8) is 0 Å². The third kappa shape index (κ3) is 3.83. The van der Waals surface area contributed by atoms with E-state index in [1.54, 1.807) is 0 Å². The van der Waals surface area contributed by atoms with Gasteiger partial charge in [-0.05, 0) is 40.5 Å². The predicted molar refractivity (Wildman–Crippen MR) is 81.2 cm³/mol. The first kappa shape index (κ1) is 13.6. The second kappa shape index (κ2) is 6.38. The highest BCUT2D eigenvalue weighted by atomic mass is 79.9. The Morgan fingerprint density at radius 3 is 2.37 bits per heavy atom. The summed E-state index contributed by atoms with van der Waals surface area (Å²) in [6.07, 6.45) is 0. The van der Waals surface area contributed by atoms with Crippen molar-refractivity contribution in [2.75, 3.05) is 5.32 Å². The number of carbonyl (C=O) groups is 1. The topological polar surface area (TPSA) is 41.1 Å². The molecule has 0 spiro atoms. The summed E-state index contributed by atoms with van der Waals surface area (Å²) in [5, 5.41) is 5.71. The van der Waals surface area contributed by atoms with Gasteiger partial charge in [0.05, 0.1) is 11.7 Å². The molecule has 0 aliphatic rings. The largest absolute Gasteiger partial charge is 0.331 e. The molecule has 3 nitrogen and oxygen atoms in total. The average Bonchev–Trinajstić information content (AvgIpc) is 2.42. The molecule has 0 unspecified atom stereocenters. The maximum atomic E-state index is 11.9. The van der Waals surface area contributed by atoms with Gasteiger partial charge in [0.15, 0.2) is 0 Å². The van der Waals surface area contributed by atoms with Crippen LogP contribution < -0.4 is 10.6 Å². The number of anilines is 1. The SMILES string of the molecule is C[C@H](NC(=O)Nc1ccccc1Br)c1ccccc1. The van der Waals surface area contributed by atoms with Crippen LogP contribution in [0.1, 0.15) is 18.5 Å². The Labute approximate surface area is 121 Å². The van der Waals surface area contributed by atoms with Crippen molar-refractivity contribution in [1.82, 2.24) is 5.32 Å². The van der Waals surface area contributed by atoms with E-state index in [4.69, 9.17) is 0 Å². The van der Waals surface area contributed by atoms with E-state index in [1.807, 2.05) is 61.5 Å². The second-order valence-electron chi connectivity index (χ2n) is 4.21. The van der Waals surface area contributed by atoms with Crippen molar-refractivity contribution in [1.29, 1.82) is 0 Å².